The Balaban J connectivity index is -0.00000186. The van der Waals surface area contributed by atoms with E-state index in [0.717, 1.165) is 26.7 Å². The summed E-state index contributed by atoms with van der Waals surface area (Å²) >= 11 is 0. The van der Waals surface area contributed by atoms with E-state index in [9.17, 15) is 28.8 Å². The molecule has 7 aromatic carbocycles. The number of benzene rings is 7. The molecule has 0 spiro atoms. The molecule has 0 saturated carbocycles. The number of esters is 4. The highest BCUT2D eigenvalue weighted by Crippen LogP contribution is 2.44. The van der Waals surface area contributed by atoms with E-state index in [1.165, 1.54) is 0 Å². The number of carbonyl (C=O) groups excluding carboxylic acids is 6. The molecule has 0 aliphatic carbocycles. The minimum absolute atomic E-state index is 0. The highest BCUT2D eigenvalue weighted by atomic mass is 28.5. The van der Waals surface area contributed by atoms with Crippen molar-refractivity contribution in [1.29, 1.82) is 0 Å². The summed E-state index contributed by atoms with van der Waals surface area (Å²) in [6, 6.07) is 69.7. The Morgan fingerprint density at radius 2 is 0.490 bits per heavy atom. The quantitative estimate of drug-likeness (QED) is 0.0113. The molecule has 22 nitrogen and oxygen atoms in total. The first-order valence-electron chi connectivity index (χ1n) is 46.4. The van der Waals surface area contributed by atoms with Gasteiger partial charge in [0.2, 0.25) is 41.6 Å². The molecule has 0 amide bonds. The summed E-state index contributed by atoms with van der Waals surface area (Å²) in [6.07, 6.45) is 0.883. The van der Waals surface area contributed by atoms with Gasteiger partial charge in [-0.1, -0.05) is 295 Å². The van der Waals surface area contributed by atoms with Crippen molar-refractivity contribution < 1.29 is 98.3 Å². The molecule has 0 fully saturated rings. The molecule has 0 heterocycles. The number of Topliss-reactive ketones (excluding diaryl/α,β-unsaturated/α-hetero) is 2. The van der Waals surface area contributed by atoms with Crippen LogP contribution in [0.1, 0.15) is 118 Å². The largest absolute Gasteiger partial charge is 0.463 e. The molecule has 0 aliphatic rings. The second kappa shape index (κ2) is 59.8. The second-order valence-electron chi connectivity index (χ2n) is 40.9. The fourth-order valence-electron chi connectivity index (χ4n) is 15.9. The van der Waals surface area contributed by atoms with Crippen LogP contribution in [0.3, 0.4) is 0 Å². The minimum Gasteiger partial charge on any atom is -0.463 e. The monoisotopic (exact) mass is 2210 g/mol. The van der Waals surface area contributed by atoms with Crippen LogP contribution in [0.5, 0.6) is 0 Å². The van der Waals surface area contributed by atoms with Crippen molar-refractivity contribution in [3.8, 4) is 0 Å². The average Bonchev–Trinajstić information content (AvgIpc) is 0.725. The van der Waals surface area contributed by atoms with Gasteiger partial charge in [-0.25, -0.2) is 19.2 Å². The van der Waals surface area contributed by atoms with Crippen molar-refractivity contribution in [2.24, 2.45) is 0 Å². The lowest BCUT2D eigenvalue weighted by atomic mass is 9.87. The minimum atomic E-state index is -3.04. The third-order valence-corrected chi connectivity index (χ3v) is 70.6. The summed E-state index contributed by atoms with van der Waals surface area (Å²) in [5.41, 5.74) is 5.77. The first kappa shape index (κ1) is 140. The van der Waals surface area contributed by atoms with Crippen LogP contribution in [0.25, 0.3) is 0 Å². The van der Waals surface area contributed by atoms with Crippen LogP contribution in [0.2, 0.25) is 176 Å². The van der Waals surface area contributed by atoms with E-state index in [-0.39, 0.29) is 81.0 Å². The maximum Gasteiger partial charge on any atom is 0.388 e. The number of rotatable bonds is 51. The van der Waals surface area contributed by atoms with E-state index in [4.69, 9.17) is 69.6 Å². The van der Waals surface area contributed by atoms with Gasteiger partial charge in [0.25, 0.3) is 0 Å². The number of carbonyl (C=O) groups is 6. The zero-order valence-electron chi connectivity index (χ0n) is 87.7. The van der Waals surface area contributed by atoms with Crippen LogP contribution in [-0.2, 0) is 100.0 Å². The zero-order valence-corrected chi connectivity index (χ0v) is 102. The topological polar surface area (TPSA) is 250 Å². The molecule has 3 atom stereocenters. The van der Waals surface area contributed by atoms with Crippen molar-refractivity contribution >= 4 is 169 Å². The lowest BCUT2D eigenvalue weighted by molar-refractivity contribution is -0.138. The number of hydrogen-bond donors (Lipinski definition) is 0. The second-order valence-corrected chi connectivity index (χ2v) is 95.3. The Morgan fingerprint density at radius 1 is 0.273 bits per heavy atom. The van der Waals surface area contributed by atoms with Crippen LogP contribution in [-0.4, -0.2) is 191 Å². The van der Waals surface area contributed by atoms with E-state index in [1.807, 2.05) is 298 Å². The zero-order chi connectivity index (χ0) is 104. The molecule has 0 radical (unpaired) electrons. The normalized spacial score (nSPS) is 13.3. The number of hydrogen-bond acceptors (Lipinski definition) is 22. The van der Waals surface area contributed by atoms with Gasteiger partial charge in [0, 0.05) is 58.7 Å². The van der Waals surface area contributed by atoms with Crippen LogP contribution < -0.4 is 15.6 Å². The standard InChI is InChI=1S/C40H52O6Si3.C23H40O7Si4.C22H34O3Si4.C16H32O6Si3.6CH4/c1-9-43-39(35-27-19-13-20-28-35,37(41)33-23-15-11-16-24-33)31-47(3,4)45-49(7,8)46-48(5,6)32-40(44-10-2,36-29-21-14-22-30-36)38(42)34-25-17-12-18-26-34;1-19(2)22(24)26-17-31(5,6)28-33(9,10)30-34(11,21-15-13-12-14-16-21)29-32(7,8)18-27-23(25)20(3)4;1-9-26(3,4)23-28(7,8)25-29(24-27(5,6)10-2,21-17-13-11-14-18-21)22-19-15-12-16-20-22;1-13(2)15(17)19-11-23(5,6)21-25(9,10)22-24(7,8)12-20-16(18)14(3)4;;;;;;/h11-30H,9-10,31-32H2,1-8H3;12-16H,1,3,17-18H2,2,4-11H3;9-20H,1-2H2,3-8H3;1,3,11-12H2,2,4-10H3;6*1H4. The van der Waals surface area contributed by atoms with Crippen LogP contribution in [0, 0.1) is 0 Å². The molecular formula is C107H182O22Si14. The average molecular weight is 2210 g/mol. The van der Waals surface area contributed by atoms with E-state index in [1.54, 1.807) is 27.7 Å². The van der Waals surface area contributed by atoms with E-state index in [0.29, 0.717) is 58.7 Å². The predicted molar refractivity (Wildman–Crippen MR) is 631 cm³/mol. The molecule has 0 saturated heterocycles. The van der Waals surface area contributed by atoms with Gasteiger partial charge in [-0.3, -0.25) is 9.59 Å². The first-order chi connectivity index (χ1) is 63.1. The third-order valence-electron chi connectivity index (χ3n) is 20.4. The highest BCUT2D eigenvalue weighted by Gasteiger charge is 2.56. The van der Waals surface area contributed by atoms with Gasteiger partial charge < -0.3 is 69.6 Å². The molecule has 3 unspecified atom stereocenters. The van der Waals surface area contributed by atoms with E-state index >= 15 is 0 Å². The number of ketones is 2. The van der Waals surface area contributed by atoms with Crippen LogP contribution in [0.4, 0.5) is 0 Å². The Hall–Kier alpha value is -7.24. The summed E-state index contributed by atoms with van der Waals surface area (Å²) in [6.45, 7) is 84.8. The Morgan fingerprint density at radius 3 is 0.741 bits per heavy atom. The molecule has 0 bridgehead atoms. The lowest BCUT2D eigenvalue weighted by Crippen LogP contribution is -2.71. The third kappa shape index (κ3) is 47.0. The molecule has 0 aliphatic heterocycles. The molecule has 36 heteroatoms. The first-order valence-corrected chi connectivity index (χ1v) is 86.5. The van der Waals surface area contributed by atoms with Crippen LogP contribution >= 0.6 is 0 Å². The number of ether oxygens (including phenoxy) is 6. The molecule has 798 valence electrons. The predicted octanol–water partition coefficient (Wildman–Crippen LogP) is 26.3. The Labute approximate surface area is 879 Å². The fraction of sp³-hybridized carbons (Fsp3) is 0.439. The molecule has 0 N–H and O–H groups in total. The Kier molecular flexibility index (Phi) is 58.5. The van der Waals surface area contributed by atoms with Crippen molar-refractivity contribution in [2.45, 2.75) is 273 Å². The van der Waals surface area contributed by atoms with Gasteiger partial charge in [0.15, 0.2) is 47.7 Å². The highest BCUT2D eigenvalue weighted by molar-refractivity contribution is 7.03. The van der Waals surface area contributed by atoms with Gasteiger partial charge in [0.1, 0.15) is 24.9 Å². The van der Waals surface area contributed by atoms with Crippen molar-refractivity contribution in [3.63, 3.8) is 0 Å². The Bertz CT molecular complexity index is 4920. The lowest BCUT2D eigenvalue weighted by Gasteiger charge is -2.44. The summed E-state index contributed by atoms with van der Waals surface area (Å²) in [5, 5.41) is 3.16. The van der Waals surface area contributed by atoms with Crippen molar-refractivity contribution in [3.05, 3.63) is 308 Å². The summed E-state index contributed by atoms with van der Waals surface area (Å²) in [5.74, 6) is -1.83. The fourth-order valence-corrected chi connectivity index (χ4v) is 77.2. The van der Waals surface area contributed by atoms with Crippen molar-refractivity contribution in [2.75, 3.05) is 38.1 Å². The van der Waals surface area contributed by atoms with Crippen LogP contribution in [0.15, 0.2) is 285 Å². The SMILES string of the molecule is C.C.C.C.C.C.C=C(C)C(=O)OC[Si](C)(C)O[Si](C)(C)O[Si](C)(C)COC(=O)C(=C)C.C=C(C)C(=O)OC[Si](C)(C)O[Si](C)(C)O[Si](C)(O[Si](C)(C)COC(=O)C(=C)C)c1ccccc1.C=C[Si](C)(C)O[Si](C)(C)O[Si](O[Si](C)(C)C=C)(c1ccccc1)c1ccccc1.CCOC(C[Si](C)(C)O[Si](C)(C)O[Si](C)(C)CC(OCC)(C(=O)c1ccccc1)c1ccccc1)(C(=O)c1ccccc1)c1ccccc1. The smallest absolute Gasteiger partial charge is 0.388 e. The summed E-state index contributed by atoms with van der Waals surface area (Å²) in [4.78, 5) is 75.8. The van der Waals surface area contributed by atoms with Crippen molar-refractivity contribution in [1.82, 2.24) is 0 Å². The maximum absolute atomic E-state index is 14.4. The van der Waals surface area contributed by atoms with Gasteiger partial charge >= 0.3 is 75.2 Å². The molecule has 7 rings (SSSR count). The molecule has 143 heavy (non-hydrogen) atoms. The van der Waals surface area contributed by atoms with Gasteiger partial charge in [0.05, 0.1) is 0 Å². The molecule has 0 aromatic heterocycles. The van der Waals surface area contributed by atoms with E-state index in [2.05, 4.69) is 142 Å². The maximum atomic E-state index is 14.4. The molecule has 7 aromatic rings. The van der Waals surface area contributed by atoms with E-state index < -0.39 is 153 Å². The van der Waals surface area contributed by atoms with Gasteiger partial charge in [-0.2, -0.15) is 0 Å². The molecular weight excluding hydrogens is 2030 g/mol. The summed E-state index contributed by atoms with van der Waals surface area (Å²) in [7, 11) is -35.6. The summed E-state index contributed by atoms with van der Waals surface area (Å²) < 4.78 is 102. The van der Waals surface area contributed by atoms with Gasteiger partial charge in [-0.15, -0.1) is 13.2 Å². The van der Waals surface area contributed by atoms with Gasteiger partial charge in [-0.05, 0) is 232 Å².